The van der Waals surface area contributed by atoms with Crippen LogP contribution in [0.4, 0.5) is 0 Å². The van der Waals surface area contributed by atoms with E-state index in [0.29, 0.717) is 17.8 Å². The highest BCUT2D eigenvalue weighted by Gasteiger charge is 2.20. The minimum Gasteiger partial charge on any atom is -0.381 e. The normalized spacial score (nSPS) is 21.3. The fourth-order valence-electron chi connectivity index (χ4n) is 2.25. The minimum atomic E-state index is 0.550. The average molecular weight is 233 g/mol. The van der Waals surface area contributed by atoms with E-state index >= 15 is 0 Å². The summed E-state index contributed by atoms with van der Waals surface area (Å²) in [5.74, 6) is 1.89. The molecule has 0 bridgehead atoms. The fraction of sp³-hybridized carbons (Fsp3) is 0.625. The lowest BCUT2D eigenvalue weighted by Gasteiger charge is -2.29. The van der Waals surface area contributed by atoms with Crippen molar-refractivity contribution >= 4 is 0 Å². The molecule has 0 amide bonds. The van der Waals surface area contributed by atoms with Gasteiger partial charge < -0.3 is 4.90 Å². The first-order chi connectivity index (χ1) is 7.91. The van der Waals surface area contributed by atoms with Crippen LogP contribution < -0.4 is 0 Å². The molecule has 1 nitrogen and oxygen atoms in total. The van der Waals surface area contributed by atoms with Gasteiger partial charge in [0.25, 0.3) is 0 Å². The lowest BCUT2D eigenvalue weighted by atomic mass is 9.84. The van der Waals surface area contributed by atoms with Gasteiger partial charge in [0.05, 0.1) is 0 Å². The zero-order valence-electron chi connectivity index (χ0n) is 12.0. The van der Waals surface area contributed by atoms with E-state index in [2.05, 4.69) is 64.6 Å². The van der Waals surface area contributed by atoms with Crippen molar-refractivity contribution < 1.29 is 0 Å². The molecule has 1 aliphatic carbocycles. The quantitative estimate of drug-likeness (QED) is 0.686. The number of allylic oxidation sites excluding steroid dienone is 5. The van der Waals surface area contributed by atoms with Crippen LogP contribution >= 0.6 is 0 Å². The third-order valence-electron chi connectivity index (χ3n) is 3.65. The molecule has 0 heterocycles. The van der Waals surface area contributed by atoms with E-state index in [4.69, 9.17) is 0 Å². The molecular weight excluding hydrogens is 206 g/mol. The Balaban J connectivity index is 2.69. The van der Waals surface area contributed by atoms with Crippen LogP contribution in [0.1, 0.15) is 33.6 Å². The lowest BCUT2D eigenvalue weighted by Crippen LogP contribution is -2.22. The Morgan fingerprint density at radius 2 is 2.12 bits per heavy atom. The molecule has 0 saturated carbocycles. The minimum absolute atomic E-state index is 0.550. The molecule has 2 atom stereocenters. The van der Waals surface area contributed by atoms with Gasteiger partial charge in [-0.25, -0.2) is 0 Å². The highest BCUT2D eigenvalue weighted by atomic mass is 15.1. The Labute approximate surface area is 107 Å². The van der Waals surface area contributed by atoms with Gasteiger partial charge in [-0.3, -0.25) is 0 Å². The second-order valence-corrected chi connectivity index (χ2v) is 5.79. The Morgan fingerprint density at radius 1 is 1.47 bits per heavy atom. The van der Waals surface area contributed by atoms with Gasteiger partial charge in [0.15, 0.2) is 0 Å². The van der Waals surface area contributed by atoms with Crippen molar-refractivity contribution in [1.82, 2.24) is 4.90 Å². The third kappa shape index (κ3) is 4.07. The van der Waals surface area contributed by atoms with Crippen LogP contribution in [0.5, 0.6) is 0 Å². The van der Waals surface area contributed by atoms with Gasteiger partial charge in [-0.1, -0.05) is 51.2 Å². The largest absolute Gasteiger partial charge is 0.381 e. The molecule has 0 aromatic heterocycles. The van der Waals surface area contributed by atoms with E-state index in [9.17, 15) is 0 Å². The third-order valence-corrected chi connectivity index (χ3v) is 3.65. The molecule has 1 heteroatoms. The topological polar surface area (TPSA) is 3.24 Å². The Morgan fingerprint density at radius 3 is 2.53 bits per heavy atom. The summed E-state index contributed by atoms with van der Waals surface area (Å²) < 4.78 is 0. The van der Waals surface area contributed by atoms with Crippen LogP contribution in [-0.4, -0.2) is 19.0 Å². The highest BCUT2D eigenvalue weighted by molar-refractivity contribution is 5.25. The van der Waals surface area contributed by atoms with Gasteiger partial charge in [-0.05, 0) is 24.7 Å². The number of hydrogen-bond donors (Lipinski definition) is 0. The van der Waals surface area contributed by atoms with E-state index < -0.39 is 0 Å². The van der Waals surface area contributed by atoms with Crippen molar-refractivity contribution in [2.24, 2.45) is 17.8 Å². The predicted octanol–water partition coefficient (Wildman–Crippen LogP) is 4.25. The molecule has 0 radical (unpaired) electrons. The van der Waals surface area contributed by atoms with Crippen LogP contribution in [0.25, 0.3) is 0 Å². The maximum atomic E-state index is 4.23. The van der Waals surface area contributed by atoms with Gasteiger partial charge in [-0.15, -0.1) is 0 Å². The smallest absolute Gasteiger partial charge is 0.00919 e. The van der Waals surface area contributed by atoms with Gasteiger partial charge in [-0.2, -0.15) is 0 Å². The molecule has 0 spiro atoms. The van der Waals surface area contributed by atoms with Crippen molar-refractivity contribution in [3.8, 4) is 0 Å². The molecule has 1 aliphatic rings. The Hall–Kier alpha value is -0.980. The molecule has 0 N–H and O–H groups in total. The van der Waals surface area contributed by atoms with Crippen LogP contribution in [0.2, 0.25) is 0 Å². The van der Waals surface area contributed by atoms with Gasteiger partial charge in [0.1, 0.15) is 0 Å². The first kappa shape index (κ1) is 14.1. The van der Waals surface area contributed by atoms with Crippen molar-refractivity contribution in [2.45, 2.75) is 33.6 Å². The average Bonchev–Trinajstić information content (AvgIpc) is 2.26. The summed E-state index contributed by atoms with van der Waals surface area (Å²) in [7, 11) is 4.18. The molecule has 0 fully saturated rings. The van der Waals surface area contributed by atoms with Crippen molar-refractivity contribution in [3.05, 3.63) is 36.1 Å². The Bertz CT molecular complexity index is 320. The summed E-state index contributed by atoms with van der Waals surface area (Å²) in [6.07, 6.45) is 9.32. The summed E-state index contributed by atoms with van der Waals surface area (Å²) in [5, 5.41) is 0. The van der Waals surface area contributed by atoms with E-state index in [-0.39, 0.29) is 0 Å². The van der Waals surface area contributed by atoms with Crippen molar-refractivity contribution in [2.75, 3.05) is 14.1 Å². The number of rotatable bonds is 5. The molecule has 0 aromatic carbocycles. The molecule has 2 unspecified atom stereocenters. The first-order valence-electron chi connectivity index (χ1n) is 6.65. The zero-order chi connectivity index (χ0) is 13.0. The summed E-state index contributed by atoms with van der Waals surface area (Å²) >= 11 is 0. The van der Waals surface area contributed by atoms with E-state index in [1.165, 1.54) is 17.7 Å². The molecule has 0 saturated heterocycles. The fourth-order valence-corrected chi connectivity index (χ4v) is 2.25. The first-order valence-corrected chi connectivity index (χ1v) is 6.65. The molecule has 1 rings (SSSR count). The van der Waals surface area contributed by atoms with Crippen LogP contribution in [0.3, 0.4) is 0 Å². The van der Waals surface area contributed by atoms with Crippen molar-refractivity contribution in [3.63, 3.8) is 0 Å². The molecule has 0 aromatic rings. The second-order valence-electron chi connectivity index (χ2n) is 5.79. The SMILES string of the molecule is C=C(C(CC1=CCC(C)C=C1)C(C)C)N(C)C. The Kier molecular flexibility index (Phi) is 5.04. The second kappa shape index (κ2) is 6.09. The molecule has 0 aliphatic heterocycles. The zero-order valence-corrected chi connectivity index (χ0v) is 12.0. The summed E-state index contributed by atoms with van der Waals surface area (Å²) in [4.78, 5) is 2.15. The van der Waals surface area contributed by atoms with E-state index in [1.54, 1.807) is 0 Å². The summed E-state index contributed by atoms with van der Waals surface area (Å²) in [5.41, 5.74) is 2.72. The summed E-state index contributed by atoms with van der Waals surface area (Å²) in [6.45, 7) is 11.1. The highest BCUT2D eigenvalue weighted by Crippen LogP contribution is 2.30. The lowest BCUT2D eigenvalue weighted by molar-refractivity contribution is 0.346. The number of nitrogens with zero attached hydrogens (tertiary/aromatic N) is 1. The standard InChI is InChI=1S/C16H27N/c1-12(2)16(14(4)17(5)6)11-15-9-7-13(3)8-10-15/h7,9-10,12-13,16H,4,8,11H2,1-3,5-6H3. The van der Waals surface area contributed by atoms with Crippen molar-refractivity contribution in [1.29, 1.82) is 0 Å². The van der Waals surface area contributed by atoms with E-state index in [0.717, 1.165) is 6.42 Å². The monoisotopic (exact) mass is 233 g/mol. The predicted molar refractivity (Wildman–Crippen MR) is 76.8 cm³/mol. The van der Waals surface area contributed by atoms with Crippen LogP contribution in [0.15, 0.2) is 36.1 Å². The molecular formula is C16H27N. The van der Waals surface area contributed by atoms with E-state index in [1.807, 2.05) is 0 Å². The molecule has 17 heavy (non-hydrogen) atoms. The van der Waals surface area contributed by atoms with Gasteiger partial charge in [0, 0.05) is 25.7 Å². The van der Waals surface area contributed by atoms with Crippen LogP contribution in [-0.2, 0) is 0 Å². The van der Waals surface area contributed by atoms with Gasteiger partial charge >= 0.3 is 0 Å². The van der Waals surface area contributed by atoms with Gasteiger partial charge in [0.2, 0.25) is 0 Å². The van der Waals surface area contributed by atoms with Crippen LogP contribution in [0, 0.1) is 17.8 Å². The number of hydrogen-bond acceptors (Lipinski definition) is 1. The maximum absolute atomic E-state index is 4.23. The summed E-state index contributed by atoms with van der Waals surface area (Å²) in [6, 6.07) is 0. The molecule has 96 valence electrons. The maximum Gasteiger partial charge on any atom is 0.00919 e.